The van der Waals surface area contributed by atoms with E-state index < -0.39 is 9.84 Å². The summed E-state index contributed by atoms with van der Waals surface area (Å²) >= 11 is 0. The maximum absolute atomic E-state index is 12.3. The van der Waals surface area contributed by atoms with Crippen LogP contribution in [-0.4, -0.2) is 48.8 Å². The van der Waals surface area contributed by atoms with Gasteiger partial charge in [-0.2, -0.15) is 0 Å². The molecule has 0 bridgehead atoms. The number of sulfone groups is 1. The van der Waals surface area contributed by atoms with Crippen LogP contribution in [-0.2, 0) is 9.84 Å². The molecule has 6 nitrogen and oxygen atoms in total. The van der Waals surface area contributed by atoms with Gasteiger partial charge in [-0.3, -0.25) is 4.79 Å². The van der Waals surface area contributed by atoms with Crippen molar-refractivity contribution in [2.45, 2.75) is 32.2 Å². The van der Waals surface area contributed by atoms with Crippen LogP contribution in [0, 0.1) is 0 Å². The summed E-state index contributed by atoms with van der Waals surface area (Å²) in [7, 11) is -1.40. The zero-order valence-corrected chi connectivity index (χ0v) is 12.1. The zero-order valence-electron chi connectivity index (χ0n) is 11.3. The van der Waals surface area contributed by atoms with Crippen LogP contribution >= 0.6 is 0 Å². The van der Waals surface area contributed by atoms with Gasteiger partial charge in [0.1, 0.15) is 0 Å². The lowest BCUT2D eigenvalue weighted by atomic mass is 10.1. The molecule has 0 aliphatic carbocycles. The predicted molar refractivity (Wildman–Crippen MR) is 69.7 cm³/mol. The molecule has 0 spiro atoms. The first-order valence-corrected chi connectivity index (χ1v) is 8.05. The molecule has 106 valence electrons. The highest BCUT2D eigenvalue weighted by atomic mass is 32.2. The molecule has 2 heterocycles. The van der Waals surface area contributed by atoms with Gasteiger partial charge in [0.05, 0.1) is 17.2 Å². The molecule has 1 aromatic heterocycles. The van der Waals surface area contributed by atoms with Gasteiger partial charge < -0.3 is 9.32 Å². The summed E-state index contributed by atoms with van der Waals surface area (Å²) in [6.07, 6.45) is 1.73. The highest BCUT2D eigenvalue weighted by Crippen LogP contribution is 2.22. The van der Waals surface area contributed by atoms with Crippen LogP contribution < -0.4 is 0 Å². The molecule has 7 heteroatoms. The third-order valence-corrected chi connectivity index (χ3v) is 5.16. The number of rotatable bonds is 3. The number of aromatic nitrogens is 1. The van der Waals surface area contributed by atoms with E-state index in [0.717, 1.165) is 0 Å². The number of carbonyl (C=O) groups excluding carboxylic acids is 1. The molecular formula is C12H18N2O4S. The summed E-state index contributed by atoms with van der Waals surface area (Å²) in [6, 6.07) is -0.275. The van der Waals surface area contributed by atoms with Crippen molar-refractivity contribution in [3.8, 4) is 0 Å². The van der Waals surface area contributed by atoms with Gasteiger partial charge in [0.2, 0.25) is 5.76 Å². The van der Waals surface area contributed by atoms with Crippen molar-refractivity contribution in [3.05, 3.63) is 17.8 Å². The van der Waals surface area contributed by atoms with Gasteiger partial charge in [-0.25, -0.2) is 13.4 Å². The summed E-state index contributed by atoms with van der Waals surface area (Å²) in [5.74, 6) is 0.159. The van der Waals surface area contributed by atoms with Gasteiger partial charge in [-0.15, -0.1) is 0 Å². The third kappa shape index (κ3) is 2.80. The van der Waals surface area contributed by atoms with Gasteiger partial charge in [0.25, 0.3) is 5.91 Å². The highest BCUT2D eigenvalue weighted by molar-refractivity contribution is 7.91. The van der Waals surface area contributed by atoms with Crippen molar-refractivity contribution in [2.75, 3.05) is 18.6 Å². The Morgan fingerprint density at radius 3 is 2.74 bits per heavy atom. The van der Waals surface area contributed by atoms with Crippen LogP contribution in [0.25, 0.3) is 0 Å². The van der Waals surface area contributed by atoms with Crippen LogP contribution in [0.2, 0.25) is 0 Å². The fourth-order valence-electron chi connectivity index (χ4n) is 2.23. The van der Waals surface area contributed by atoms with E-state index >= 15 is 0 Å². The fourth-order valence-corrected chi connectivity index (χ4v) is 4.01. The molecule has 0 radical (unpaired) electrons. The number of carbonyl (C=O) groups is 1. The van der Waals surface area contributed by atoms with E-state index in [-0.39, 0.29) is 35.1 Å². The Labute approximate surface area is 112 Å². The van der Waals surface area contributed by atoms with Crippen molar-refractivity contribution >= 4 is 15.7 Å². The molecule has 1 amide bonds. The minimum absolute atomic E-state index is 0.0282. The van der Waals surface area contributed by atoms with Crippen LogP contribution in [0.5, 0.6) is 0 Å². The second kappa shape index (κ2) is 4.96. The number of hydrogen-bond donors (Lipinski definition) is 0. The molecule has 0 aromatic carbocycles. The SMILES string of the molecule is CC(C)c1ncoc1C(=O)N(C)C1CCS(=O)(=O)C1. The van der Waals surface area contributed by atoms with Crippen molar-refractivity contribution < 1.29 is 17.6 Å². The minimum atomic E-state index is -3.01. The maximum Gasteiger partial charge on any atom is 0.291 e. The Morgan fingerprint density at radius 2 is 2.21 bits per heavy atom. The minimum Gasteiger partial charge on any atom is -0.438 e. The third-order valence-electron chi connectivity index (χ3n) is 3.41. The van der Waals surface area contributed by atoms with Crippen molar-refractivity contribution in [2.24, 2.45) is 0 Å². The summed E-state index contributed by atoms with van der Waals surface area (Å²) < 4.78 is 28.1. The quantitative estimate of drug-likeness (QED) is 0.830. The first-order valence-electron chi connectivity index (χ1n) is 6.23. The van der Waals surface area contributed by atoms with Gasteiger partial charge in [-0.05, 0) is 12.3 Å². The molecule has 1 fully saturated rings. The monoisotopic (exact) mass is 286 g/mol. The zero-order chi connectivity index (χ0) is 14.2. The molecule has 1 aromatic rings. The van der Waals surface area contributed by atoms with E-state index in [1.54, 1.807) is 7.05 Å². The Kier molecular flexibility index (Phi) is 3.66. The number of nitrogens with zero attached hydrogens (tertiary/aromatic N) is 2. The number of hydrogen-bond acceptors (Lipinski definition) is 5. The van der Waals surface area contributed by atoms with Crippen molar-refractivity contribution in [1.29, 1.82) is 0 Å². The van der Waals surface area contributed by atoms with E-state index in [2.05, 4.69) is 4.98 Å². The topological polar surface area (TPSA) is 80.5 Å². The molecule has 2 rings (SSSR count). The lowest BCUT2D eigenvalue weighted by Crippen LogP contribution is -2.38. The van der Waals surface area contributed by atoms with Gasteiger partial charge in [0, 0.05) is 13.1 Å². The van der Waals surface area contributed by atoms with Gasteiger partial charge >= 0.3 is 0 Å². The largest absolute Gasteiger partial charge is 0.438 e. The molecule has 19 heavy (non-hydrogen) atoms. The number of amides is 1. The predicted octanol–water partition coefficient (Wildman–Crippen LogP) is 1.06. The molecule has 1 aliphatic heterocycles. The lowest BCUT2D eigenvalue weighted by Gasteiger charge is -2.22. The Bertz CT molecular complexity index is 576. The van der Waals surface area contributed by atoms with Crippen LogP contribution in [0.4, 0.5) is 0 Å². The van der Waals surface area contributed by atoms with Crippen molar-refractivity contribution in [3.63, 3.8) is 0 Å². The lowest BCUT2D eigenvalue weighted by molar-refractivity contribution is 0.0713. The van der Waals surface area contributed by atoms with Crippen LogP contribution in [0.15, 0.2) is 10.8 Å². The number of oxazole rings is 1. The van der Waals surface area contributed by atoms with E-state index in [1.165, 1.54) is 11.3 Å². The molecule has 1 saturated heterocycles. The molecule has 0 saturated carbocycles. The van der Waals surface area contributed by atoms with E-state index in [9.17, 15) is 13.2 Å². The van der Waals surface area contributed by atoms with Crippen LogP contribution in [0.3, 0.4) is 0 Å². The first-order chi connectivity index (χ1) is 8.82. The maximum atomic E-state index is 12.3. The summed E-state index contributed by atoms with van der Waals surface area (Å²) in [4.78, 5) is 17.8. The standard InChI is InChI=1S/C12H18N2O4S/c1-8(2)10-11(18-7-13-10)12(15)14(3)9-4-5-19(16,17)6-9/h7-9H,4-6H2,1-3H3. The average Bonchev–Trinajstić information content (AvgIpc) is 2.93. The highest BCUT2D eigenvalue weighted by Gasteiger charge is 2.34. The summed E-state index contributed by atoms with van der Waals surface area (Å²) in [6.45, 7) is 3.85. The smallest absolute Gasteiger partial charge is 0.291 e. The average molecular weight is 286 g/mol. The van der Waals surface area contributed by atoms with Gasteiger partial charge in [0.15, 0.2) is 16.2 Å². The van der Waals surface area contributed by atoms with Gasteiger partial charge in [-0.1, -0.05) is 13.8 Å². The first kappa shape index (κ1) is 14.0. The summed E-state index contributed by atoms with van der Waals surface area (Å²) in [5, 5.41) is 0. The molecule has 1 aliphatic rings. The Morgan fingerprint density at radius 1 is 1.53 bits per heavy atom. The Hall–Kier alpha value is -1.37. The van der Waals surface area contributed by atoms with E-state index in [4.69, 9.17) is 4.42 Å². The van der Waals surface area contributed by atoms with E-state index in [1.807, 2.05) is 13.8 Å². The normalized spacial score (nSPS) is 21.8. The molecule has 1 unspecified atom stereocenters. The Balaban J connectivity index is 2.18. The second-order valence-electron chi connectivity index (χ2n) is 5.19. The fraction of sp³-hybridized carbons (Fsp3) is 0.667. The molecule has 0 N–H and O–H groups in total. The molecule has 1 atom stereocenters. The second-order valence-corrected chi connectivity index (χ2v) is 7.42. The van der Waals surface area contributed by atoms with Crippen LogP contribution in [0.1, 0.15) is 42.4 Å². The molecular weight excluding hydrogens is 268 g/mol. The van der Waals surface area contributed by atoms with E-state index in [0.29, 0.717) is 12.1 Å². The van der Waals surface area contributed by atoms with Crippen molar-refractivity contribution in [1.82, 2.24) is 9.88 Å². The summed E-state index contributed by atoms with van der Waals surface area (Å²) in [5.41, 5.74) is 0.609.